The summed E-state index contributed by atoms with van der Waals surface area (Å²) in [5, 5.41) is 0. The van der Waals surface area contributed by atoms with E-state index in [0.717, 1.165) is 6.07 Å². The molecule has 1 heterocycles. The van der Waals surface area contributed by atoms with Gasteiger partial charge in [-0.15, -0.1) is 0 Å². The molecule has 27 heavy (non-hydrogen) atoms. The number of alkyl halides is 3. The van der Waals surface area contributed by atoms with Crippen LogP contribution in [0, 0.1) is 0 Å². The third-order valence-corrected chi connectivity index (χ3v) is 5.11. The average Bonchev–Trinajstić information content (AvgIpc) is 2.67. The second-order valence-electron chi connectivity index (χ2n) is 6.11. The van der Waals surface area contributed by atoms with E-state index in [2.05, 4.69) is 15.9 Å². The van der Waals surface area contributed by atoms with Gasteiger partial charge in [0.1, 0.15) is 0 Å². The molecule has 0 unspecified atom stereocenters. The summed E-state index contributed by atoms with van der Waals surface area (Å²) >= 11 is 3.34. The van der Waals surface area contributed by atoms with Crippen LogP contribution in [-0.4, -0.2) is 47.8 Å². The highest BCUT2D eigenvalue weighted by molar-refractivity contribution is 9.10. The molecule has 1 aliphatic rings. The van der Waals surface area contributed by atoms with Gasteiger partial charge in [0.2, 0.25) is 0 Å². The summed E-state index contributed by atoms with van der Waals surface area (Å²) in [5.74, 6) is -0.846. The van der Waals surface area contributed by atoms with E-state index in [1.165, 1.54) is 23.1 Å². The Labute approximate surface area is 162 Å². The van der Waals surface area contributed by atoms with Crippen molar-refractivity contribution in [2.75, 3.05) is 26.2 Å². The van der Waals surface area contributed by atoms with Crippen LogP contribution < -0.4 is 0 Å². The number of carbonyl (C=O) groups excluding carboxylic acids is 2. The molecule has 0 radical (unpaired) electrons. The summed E-state index contributed by atoms with van der Waals surface area (Å²) in [5.41, 5.74) is -0.794. The lowest BCUT2D eigenvalue weighted by atomic mass is 10.1. The Morgan fingerprint density at radius 3 is 1.74 bits per heavy atom. The average molecular weight is 441 g/mol. The van der Waals surface area contributed by atoms with E-state index in [1.807, 2.05) is 0 Å². The molecule has 142 valence electrons. The molecule has 1 saturated heterocycles. The first-order valence-corrected chi connectivity index (χ1v) is 9.07. The smallest absolute Gasteiger partial charge is 0.335 e. The van der Waals surface area contributed by atoms with Crippen LogP contribution in [0.1, 0.15) is 26.3 Å². The van der Waals surface area contributed by atoms with Crippen molar-refractivity contribution in [2.24, 2.45) is 0 Å². The third-order valence-electron chi connectivity index (χ3n) is 4.42. The predicted octanol–water partition coefficient (Wildman–Crippen LogP) is 4.07. The molecule has 0 aliphatic carbocycles. The number of piperazine rings is 1. The van der Waals surface area contributed by atoms with Crippen molar-refractivity contribution >= 4 is 27.7 Å². The molecule has 2 aromatic rings. The van der Waals surface area contributed by atoms with Gasteiger partial charge in [-0.05, 0) is 40.2 Å². The molecule has 0 spiro atoms. The zero-order valence-electron chi connectivity index (χ0n) is 14.2. The molecule has 8 heteroatoms. The fourth-order valence-corrected chi connectivity index (χ4v) is 3.46. The van der Waals surface area contributed by atoms with Gasteiger partial charge in [-0.1, -0.05) is 24.3 Å². The van der Waals surface area contributed by atoms with Crippen LogP contribution >= 0.6 is 15.9 Å². The van der Waals surface area contributed by atoms with Crippen molar-refractivity contribution in [1.29, 1.82) is 0 Å². The van der Waals surface area contributed by atoms with Crippen molar-refractivity contribution in [1.82, 2.24) is 9.80 Å². The van der Waals surface area contributed by atoms with Gasteiger partial charge in [-0.25, -0.2) is 0 Å². The monoisotopic (exact) mass is 440 g/mol. The van der Waals surface area contributed by atoms with E-state index in [-0.39, 0.29) is 37.6 Å². The van der Waals surface area contributed by atoms with E-state index >= 15 is 0 Å². The summed E-state index contributed by atoms with van der Waals surface area (Å²) < 4.78 is 40.1. The van der Waals surface area contributed by atoms with Crippen LogP contribution in [0.2, 0.25) is 0 Å². The molecule has 1 fully saturated rings. The Bertz CT molecular complexity index is 862. The van der Waals surface area contributed by atoms with Crippen LogP contribution in [-0.2, 0) is 6.18 Å². The summed E-state index contributed by atoms with van der Waals surface area (Å²) in [4.78, 5) is 28.1. The van der Waals surface area contributed by atoms with Gasteiger partial charge in [0.15, 0.2) is 0 Å². The fraction of sp³-hybridized carbons (Fsp3) is 0.263. The van der Waals surface area contributed by atoms with Gasteiger partial charge in [0.05, 0.1) is 16.7 Å². The highest BCUT2D eigenvalue weighted by Crippen LogP contribution is 2.32. The predicted molar refractivity (Wildman–Crippen MR) is 97.4 cm³/mol. The SMILES string of the molecule is O=C(c1ccccc1Br)N1CCN(C(=O)c2ccccc2C(F)(F)F)CC1. The first kappa shape index (κ1) is 19.4. The molecule has 4 nitrogen and oxygen atoms in total. The number of carbonyl (C=O) groups is 2. The lowest BCUT2D eigenvalue weighted by Crippen LogP contribution is -2.50. The van der Waals surface area contributed by atoms with Crippen LogP contribution in [0.25, 0.3) is 0 Å². The van der Waals surface area contributed by atoms with Crippen molar-refractivity contribution in [2.45, 2.75) is 6.18 Å². The molecular weight excluding hydrogens is 425 g/mol. The maximum Gasteiger partial charge on any atom is 0.417 e. The van der Waals surface area contributed by atoms with E-state index in [9.17, 15) is 22.8 Å². The minimum absolute atomic E-state index is 0.176. The largest absolute Gasteiger partial charge is 0.417 e. The van der Waals surface area contributed by atoms with Crippen molar-refractivity contribution in [3.63, 3.8) is 0 Å². The Kier molecular flexibility index (Phi) is 5.55. The van der Waals surface area contributed by atoms with E-state index in [4.69, 9.17) is 0 Å². The molecule has 2 amide bonds. The zero-order chi connectivity index (χ0) is 19.6. The highest BCUT2D eigenvalue weighted by atomic mass is 79.9. The molecule has 3 rings (SSSR count). The summed E-state index contributed by atoms with van der Waals surface area (Å²) in [6.45, 7) is 0.891. The first-order valence-electron chi connectivity index (χ1n) is 8.28. The van der Waals surface area contributed by atoms with Gasteiger partial charge in [-0.3, -0.25) is 9.59 Å². The molecule has 0 aromatic heterocycles. The number of halogens is 4. The molecule has 0 saturated carbocycles. The molecule has 0 bridgehead atoms. The third kappa shape index (κ3) is 4.16. The number of hydrogen-bond acceptors (Lipinski definition) is 2. The van der Waals surface area contributed by atoms with E-state index in [1.54, 1.807) is 29.2 Å². The van der Waals surface area contributed by atoms with Crippen molar-refractivity contribution in [3.8, 4) is 0 Å². The lowest BCUT2D eigenvalue weighted by Gasteiger charge is -2.35. The molecule has 0 N–H and O–H groups in total. The second-order valence-corrected chi connectivity index (χ2v) is 6.96. The van der Waals surface area contributed by atoms with E-state index < -0.39 is 17.6 Å². The summed E-state index contributed by atoms with van der Waals surface area (Å²) in [6.07, 6.45) is -4.59. The lowest BCUT2D eigenvalue weighted by molar-refractivity contribution is -0.138. The summed E-state index contributed by atoms with van der Waals surface area (Å²) in [6, 6.07) is 11.8. The van der Waals surface area contributed by atoms with Gasteiger partial charge in [0.25, 0.3) is 11.8 Å². The van der Waals surface area contributed by atoms with Gasteiger partial charge in [-0.2, -0.15) is 13.2 Å². The number of rotatable bonds is 2. The Morgan fingerprint density at radius 2 is 1.22 bits per heavy atom. The van der Waals surface area contributed by atoms with Crippen LogP contribution in [0.15, 0.2) is 53.0 Å². The minimum atomic E-state index is -4.59. The van der Waals surface area contributed by atoms with Gasteiger partial charge < -0.3 is 9.80 Å². The Morgan fingerprint density at radius 1 is 0.778 bits per heavy atom. The Balaban J connectivity index is 1.71. The van der Waals surface area contributed by atoms with Crippen molar-refractivity contribution < 1.29 is 22.8 Å². The highest BCUT2D eigenvalue weighted by Gasteiger charge is 2.36. The second kappa shape index (κ2) is 7.72. The van der Waals surface area contributed by atoms with Gasteiger partial charge >= 0.3 is 6.18 Å². The standard InChI is InChI=1S/C19H16BrF3N2O2/c20-16-8-4-2-6-14(16)18(27)25-11-9-24(10-12-25)17(26)13-5-1-3-7-15(13)19(21,22)23/h1-8H,9-12H2. The quantitative estimate of drug-likeness (QED) is 0.706. The topological polar surface area (TPSA) is 40.6 Å². The molecule has 2 aromatic carbocycles. The zero-order valence-corrected chi connectivity index (χ0v) is 15.8. The maximum atomic E-state index is 13.1. The number of amides is 2. The van der Waals surface area contributed by atoms with E-state index in [0.29, 0.717) is 10.0 Å². The number of nitrogens with zero attached hydrogens (tertiary/aromatic N) is 2. The normalized spacial score (nSPS) is 15.0. The Hall–Kier alpha value is -2.35. The first-order chi connectivity index (χ1) is 12.8. The van der Waals surface area contributed by atoms with Crippen LogP contribution in [0.5, 0.6) is 0 Å². The molecule has 1 aliphatic heterocycles. The number of benzene rings is 2. The summed E-state index contributed by atoms with van der Waals surface area (Å²) in [7, 11) is 0. The minimum Gasteiger partial charge on any atom is -0.335 e. The van der Waals surface area contributed by atoms with Crippen LogP contribution in [0.3, 0.4) is 0 Å². The maximum absolute atomic E-state index is 13.1. The molecular formula is C19H16BrF3N2O2. The number of hydrogen-bond donors (Lipinski definition) is 0. The fourth-order valence-electron chi connectivity index (χ4n) is 3.00. The van der Waals surface area contributed by atoms with Crippen molar-refractivity contribution in [3.05, 3.63) is 69.7 Å². The van der Waals surface area contributed by atoms with Crippen LogP contribution in [0.4, 0.5) is 13.2 Å². The van der Waals surface area contributed by atoms with Gasteiger partial charge in [0, 0.05) is 30.7 Å². The molecule has 0 atom stereocenters.